The van der Waals surface area contributed by atoms with Gasteiger partial charge in [-0.1, -0.05) is 30.3 Å². The van der Waals surface area contributed by atoms with Gasteiger partial charge in [0.25, 0.3) is 0 Å². The van der Waals surface area contributed by atoms with Gasteiger partial charge in [-0.15, -0.1) is 0 Å². The van der Waals surface area contributed by atoms with Crippen LogP contribution >= 0.6 is 0 Å². The van der Waals surface area contributed by atoms with Crippen LogP contribution in [0.2, 0.25) is 0 Å². The first kappa shape index (κ1) is 20.5. The van der Waals surface area contributed by atoms with Crippen molar-refractivity contribution >= 4 is 11.8 Å². The highest BCUT2D eigenvalue weighted by atomic mass is 16.5. The summed E-state index contributed by atoms with van der Waals surface area (Å²) in [5, 5.41) is 4.07. The number of hydrogen-bond donors (Lipinski definition) is 0. The van der Waals surface area contributed by atoms with Crippen molar-refractivity contribution in [1.29, 1.82) is 0 Å². The molecular weight excluding hydrogens is 404 g/mol. The smallest absolute Gasteiger partial charge is 0.344 e. The molecule has 164 valence electrons. The van der Waals surface area contributed by atoms with Gasteiger partial charge in [-0.25, -0.2) is 4.79 Å². The summed E-state index contributed by atoms with van der Waals surface area (Å²) in [4.78, 5) is 28.5. The average molecular weight is 431 g/mol. The molecule has 7 nitrogen and oxygen atoms in total. The molecular formula is C25H26N4O3. The number of rotatable bonds is 5. The van der Waals surface area contributed by atoms with E-state index in [9.17, 15) is 9.59 Å². The van der Waals surface area contributed by atoms with Gasteiger partial charge in [0, 0.05) is 38.9 Å². The van der Waals surface area contributed by atoms with E-state index in [0.29, 0.717) is 17.4 Å². The highest BCUT2D eigenvalue weighted by Crippen LogP contribution is 2.32. The normalized spacial score (nSPS) is 20.3. The monoisotopic (exact) mass is 430 g/mol. The summed E-state index contributed by atoms with van der Waals surface area (Å²) in [6, 6.07) is 17.9. The number of benzene rings is 2. The van der Waals surface area contributed by atoms with Crippen molar-refractivity contribution in [3.63, 3.8) is 0 Å². The number of carbonyl (C=O) groups is 2. The Hall–Kier alpha value is -3.45. The van der Waals surface area contributed by atoms with Gasteiger partial charge >= 0.3 is 6.03 Å². The molecule has 2 atom stereocenters. The summed E-state index contributed by atoms with van der Waals surface area (Å²) in [6.45, 7) is 5.74. The van der Waals surface area contributed by atoms with Crippen LogP contribution in [0.4, 0.5) is 4.79 Å². The molecule has 32 heavy (non-hydrogen) atoms. The topological polar surface area (TPSA) is 67.7 Å². The first-order valence-electron chi connectivity index (χ1n) is 10.9. The van der Waals surface area contributed by atoms with Crippen molar-refractivity contribution in [3.05, 3.63) is 78.1 Å². The summed E-state index contributed by atoms with van der Waals surface area (Å²) < 4.78 is 7.25. The van der Waals surface area contributed by atoms with Gasteiger partial charge < -0.3 is 9.64 Å². The summed E-state index contributed by atoms with van der Waals surface area (Å²) in [6.07, 6.45) is 2.98. The predicted molar refractivity (Wildman–Crippen MR) is 120 cm³/mol. The lowest BCUT2D eigenvalue weighted by Crippen LogP contribution is -2.36. The molecule has 7 heteroatoms. The Labute approximate surface area is 187 Å². The van der Waals surface area contributed by atoms with E-state index in [1.54, 1.807) is 0 Å². The molecule has 3 aromatic rings. The fourth-order valence-corrected chi connectivity index (χ4v) is 4.72. The Kier molecular flexibility index (Phi) is 5.49. The van der Waals surface area contributed by atoms with Gasteiger partial charge in [0.05, 0.1) is 11.8 Å². The van der Waals surface area contributed by atoms with E-state index in [-0.39, 0.29) is 11.8 Å². The first-order valence-corrected chi connectivity index (χ1v) is 10.9. The second-order valence-corrected chi connectivity index (χ2v) is 8.69. The number of carbonyl (C=O) groups excluding carboxylic acids is 2. The Morgan fingerprint density at radius 1 is 0.969 bits per heavy atom. The molecule has 5 rings (SSSR count). The number of hydrogen-bond acceptors (Lipinski definition) is 5. The second-order valence-electron chi connectivity index (χ2n) is 8.69. The van der Waals surface area contributed by atoms with Crippen LogP contribution in [0.3, 0.4) is 0 Å². The number of ketones is 1. The van der Waals surface area contributed by atoms with Crippen molar-refractivity contribution < 1.29 is 14.3 Å². The van der Waals surface area contributed by atoms with E-state index < -0.39 is 0 Å². The summed E-state index contributed by atoms with van der Waals surface area (Å²) >= 11 is 0. The number of ether oxygens (including phenoxy) is 1. The van der Waals surface area contributed by atoms with Crippen LogP contribution in [-0.4, -0.2) is 57.6 Å². The van der Waals surface area contributed by atoms with Crippen LogP contribution in [0.5, 0.6) is 11.5 Å². The molecule has 0 aliphatic carbocycles. The number of para-hydroxylation sites is 1. The second kappa shape index (κ2) is 8.59. The van der Waals surface area contributed by atoms with Crippen molar-refractivity contribution in [3.8, 4) is 11.5 Å². The van der Waals surface area contributed by atoms with Crippen molar-refractivity contribution in [2.45, 2.75) is 13.5 Å². The Morgan fingerprint density at radius 2 is 1.69 bits per heavy atom. The maximum Gasteiger partial charge on any atom is 0.344 e. The predicted octanol–water partition coefficient (Wildman–Crippen LogP) is 3.91. The highest BCUT2D eigenvalue weighted by Gasteiger charge is 2.41. The molecule has 0 saturated carbocycles. The van der Waals surface area contributed by atoms with E-state index in [1.165, 1.54) is 29.6 Å². The Morgan fingerprint density at radius 3 is 2.38 bits per heavy atom. The minimum Gasteiger partial charge on any atom is -0.457 e. The molecule has 1 aromatic heterocycles. The largest absolute Gasteiger partial charge is 0.457 e. The lowest BCUT2D eigenvalue weighted by molar-refractivity contribution is 0.101. The van der Waals surface area contributed by atoms with Crippen LogP contribution in [0.1, 0.15) is 22.8 Å². The molecule has 1 amide bonds. The fourth-order valence-electron chi connectivity index (χ4n) is 4.72. The van der Waals surface area contributed by atoms with Crippen LogP contribution < -0.4 is 4.74 Å². The number of amides is 1. The molecule has 2 aromatic carbocycles. The maximum absolute atomic E-state index is 12.8. The standard InChI is InChI=1S/C25H26N4O3/c1-18(30)20-11-26-29(17-20)25(31)28-15-21-13-27(14-22(21)16-28)12-19-6-5-9-24(10-19)32-23-7-3-2-4-8-23/h2-11,17,21-22H,12-16H2,1H3. The number of likely N-dealkylation sites (tertiary alicyclic amines) is 2. The van der Waals surface area contributed by atoms with Crippen molar-refractivity contribution in [2.75, 3.05) is 26.2 Å². The zero-order valence-electron chi connectivity index (χ0n) is 18.1. The number of aromatic nitrogens is 2. The minimum absolute atomic E-state index is 0.0868. The molecule has 2 aliphatic rings. The molecule has 2 aliphatic heterocycles. The zero-order valence-corrected chi connectivity index (χ0v) is 18.1. The van der Waals surface area contributed by atoms with E-state index in [2.05, 4.69) is 22.1 Å². The van der Waals surface area contributed by atoms with Crippen LogP contribution in [0.15, 0.2) is 67.0 Å². The lowest BCUT2D eigenvalue weighted by Gasteiger charge is -2.21. The Balaban J connectivity index is 1.17. The van der Waals surface area contributed by atoms with Crippen molar-refractivity contribution in [2.24, 2.45) is 11.8 Å². The molecule has 0 radical (unpaired) electrons. The number of Topliss-reactive ketones (excluding diaryl/α,β-unsaturated/α-hetero) is 1. The molecule has 2 fully saturated rings. The SMILES string of the molecule is CC(=O)c1cnn(C(=O)N2CC3CN(Cc4cccc(Oc5ccccc5)c4)CC3C2)c1. The maximum atomic E-state index is 12.8. The summed E-state index contributed by atoms with van der Waals surface area (Å²) in [5.41, 5.74) is 1.68. The van der Waals surface area contributed by atoms with Gasteiger partial charge in [0.1, 0.15) is 11.5 Å². The molecule has 0 N–H and O–H groups in total. The lowest BCUT2D eigenvalue weighted by atomic mass is 10.0. The van der Waals surface area contributed by atoms with E-state index in [4.69, 9.17) is 4.74 Å². The average Bonchev–Trinajstić information content (AvgIpc) is 3.49. The van der Waals surface area contributed by atoms with Gasteiger partial charge in [0.2, 0.25) is 0 Å². The highest BCUT2D eigenvalue weighted by molar-refractivity contribution is 5.94. The third-order valence-corrected chi connectivity index (χ3v) is 6.30. The fraction of sp³-hybridized carbons (Fsp3) is 0.320. The third-order valence-electron chi connectivity index (χ3n) is 6.30. The Bertz CT molecular complexity index is 1110. The molecule has 0 spiro atoms. The van der Waals surface area contributed by atoms with E-state index in [1.807, 2.05) is 47.4 Å². The van der Waals surface area contributed by atoms with Gasteiger partial charge in [-0.2, -0.15) is 9.78 Å². The number of nitrogens with zero attached hydrogens (tertiary/aromatic N) is 4. The van der Waals surface area contributed by atoms with Crippen LogP contribution in [0, 0.1) is 11.8 Å². The molecule has 2 saturated heterocycles. The first-order chi connectivity index (χ1) is 15.5. The van der Waals surface area contributed by atoms with Crippen LogP contribution in [0.25, 0.3) is 0 Å². The third kappa shape index (κ3) is 4.29. The van der Waals surface area contributed by atoms with Gasteiger partial charge in [-0.05, 0) is 48.6 Å². The quantitative estimate of drug-likeness (QED) is 0.574. The van der Waals surface area contributed by atoms with Gasteiger partial charge in [-0.3, -0.25) is 9.69 Å². The summed E-state index contributed by atoms with van der Waals surface area (Å²) in [5.74, 6) is 2.51. The summed E-state index contributed by atoms with van der Waals surface area (Å²) in [7, 11) is 0. The molecule has 2 unspecified atom stereocenters. The van der Waals surface area contributed by atoms with Gasteiger partial charge in [0.15, 0.2) is 5.78 Å². The van der Waals surface area contributed by atoms with Crippen LogP contribution in [-0.2, 0) is 6.54 Å². The molecule has 0 bridgehead atoms. The van der Waals surface area contributed by atoms with Crippen molar-refractivity contribution in [1.82, 2.24) is 19.6 Å². The number of fused-ring (bicyclic) bond motifs is 1. The van der Waals surface area contributed by atoms with E-state index >= 15 is 0 Å². The minimum atomic E-state index is -0.149. The van der Waals surface area contributed by atoms with E-state index in [0.717, 1.165) is 44.2 Å². The molecule has 3 heterocycles. The zero-order chi connectivity index (χ0) is 22.1.